The predicted octanol–water partition coefficient (Wildman–Crippen LogP) is 0.893. The molecule has 1 amide bonds. The van der Waals surface area contributed by atoms with Crippen molar-refractivity contribution in [2.45, 2.75) is 52.2 Å². The van der Waals surface area contributed by atoms with Crippen molar-refractivity contribution in [1.82, 2.24) is 4.90 Å². The van der Waals surface area contributed by atoms with E-state index < -0.39 is 42.1 Å². The molecule has 0 aromatic carbocycles. The molecule has 1 fully saturated rings. The number of ether oxygens (including phenoxy) is 2. The molecule has 0 saturated carbocycles. The number of nitrogens with zero attached hydrogens (tertiary/aromatic N) is 1. The number of amides is 1. The highest BCUT2D eigenvalue weighted by atomic mass is 16.6. The lowest BCUT2D eigenvalue weighted by Crippen LogP contribution is -2.45. The first-order chi connectivity index (χ1) is 11.0. The van der Waals surface area contributed by atoms with Crippen LogP contribution >= 0.6 is 0 Å². The van der Waals surface area contributed by atoms with Gasteiger partial charge in [0.2, 0.25) is 0 Å². The van der Waals surface area contributed by atoms with Crippen LogP contribution in [0.3, 0.4) is 0 Å². The third kappa shape index (κ3) is 6.02. The summed E-state index contributed by atoms with van der Waals surface area (Å²) in [5.41, 5.74) is -0.778. The van der Waals surface area contributed by atoms with Gasteiger partial charge in [-0.1, -0.05) is 0 Å². The highest BCUT2D eigenvalue weighted by molar-refractivity contribution is 5.96. The molecule has 0 spiro atoms. The van der Waals surface area contributed by atoms with Gasteiger partial charge in [0.15, 0.2) is 6.61 Å². The summed E-state index contributed by atoms with van der Waals surface area (Å²) in [5.74, 6) is -3.17. The summed E-state index contributed by atoms with van der Waals surface area (Å²) < 4.78 is 10.1. The Labute approximate surface area is 140 Å². The van der Waals surface area contributed by atoms with Gasteiger partial charge in [-0.3, -0.25) is 4.79 Å². The lowest BCUT2D eigenvalue weighted by molar-refractivity contribution is -0.164. The van der Waals surface area contributed by atoms with Crippen LogP contribution in [0.4, 0.5) is 0 Å². The lowest BCUT2D eigenvalue weighted by Gasteiger charge is -2.27. The molecule has 8 heteroatoms. The van der Waals surface area contributed by atoms with Crippen LogP contribution < -0.4 is 0 Å². The molecule has 1 atom stereocenters. The Balaban J connectivity index is 2.62. The van der Waals surface area contributed by atoms with Crippen LogP contribution in [0.15, 0.2) is 11.6 Å². The van der Waals surface area contributed by atoms with Crippen LogP contribution in [-0.4, -0.2) is 58.6 Å². The highest BCUT2D eigenvalue weighted by Crippen LogP contribution is 2.21. The van der Waals surface area contributed by atoms with Crippen LogP contribution in [0, 0.1) is 0 Å². The predicted molar refractivity (Wildman–Crippen MR) is 82.9 cm³/mol. The van der Waals surface area contributed by atoms with Crippen molar-refractivity contribution in [1.29, 1.82) is 0 Å². The summed E-state index contributed by atoms with van der Waals surface area (Å²) in [6, 6.07) is -0.689. The zero-order valence-corrected chi connectivity index (χ0v) is 14.3. The van der Waals surface area contributed by atoms with Crippen molar-refractivity contribution in [2.24, 2.45) is 0 Å². The Hall–Kier alpha value is -2.38. The number of carbonyl (C=O) groups excluding carboxylic acids is 3. The molecule has 134 valence electrons. The van der Waals surface area contributed by atoms with Crippen molar-refractivity contribution >= 4 is 23.8 Å². The van der Waals surface area contributed by atoms with E-state index in [0.717, 1.165) is 0 Å². The molecule has 1 aliphatic rings. The Morgan fingerprint density at radius 1 is 1.25 bits per heavy atom. The minimum absolute atomic E-state index is 0.125. The standard InChI is InChI=1S/C16H23NO7/c1-10(8-13(19)20)14(21)23-9-12(18)17-7-5-6-11(17)15(22)24-16(2,3)4/h8,11H,5-7,9H2,1-4H3,(H,19,20)/t11-/m0/s1. The van der Waals surface area contributed by atoms with E-state index in [1.807, 2.05) is 0 Å². The van der Waals surface area contributed by atoms with E-state index in [-0.39, 0.29) is 5.57 Å². The van der Waals surface area contributed by atoms with Crippen LogP contribution in [0.5, 0.6) is 0 Å². The van der Waals surface area contributed by atoms with Crippen LogP contribution in [-0.2, 0) is 28.7 Å². The van der Waals surface area contributed by atoms with Gasteiger partial charge in [0, 0.05) is 18.2 Å². The third-order valence-electron chi connectivity index (χ3n) is 3.24. The first-order valence-corrected chi connectivity index (χ1v) is 7.62. The monoisotopic (exact) mass is 341 g/mol. The smallest absolute Gasteiger partial charge is 0.334 e. The number of hydrogen-bond acceptors (Lipinski definition) is 6. The summed E-state index contributed by atoms with van der Waals surface area (Å²) in [5, 5.41) is 8.56. The first kappa shape index (κ1) is 19.7. The number of carbonyl (C=O) groups is 4. The summed E-state index contributed by atoms with van der Waals surface area (Å²) in [4.78, 5) is 47.7. The number of carboxylic acid groups (broad SMARTS) is 1. The van der Waals surface area contributed by atoms with Crippen molar-refractivity contribution < 1.29 is 33.8 Å². The minimum Gasteiger partial charge on any atom is -0.478 e. The topological polar surface area (TPSA) is 110 Å². The number of hydrogen-bond donors (Lipinski definition) is 1. The van der Waals surface area contributed by atoms with Crippen molar-refractivity contribution in [3.8, 4) is 0 Å². The Morgan fingerprint density at radius 3 is 2.42 bits per heavy atom. The number of esters is 2. The molecule has 0 unspecified atom stereocenters. The van der Waals surface area contributed by atoms with E-state index in [2.05, 4.69) is 0 Å². The van der Waals surface area contributed by atoms with Gasteiger partial charge in [-0.15, -0.1) is 0 Å². The number of rotatable bonds is 5. The fraction of sp³-hybridized carbons (Fsp3) is 0.625. The maximum absolute atomic E-state index is 12.2. The molecular formula is C16H23NO7. The lowest BCUT2D eigenvalue weighted by atomic mass is 10.1. The summed E-state index contributed by atoms with van der Waals surface area (Å²) in [6.07, 6.45) is 1.85. The largest absolute Gasteiger partial charge is 0.478 e. The Kier molecular flexibility index (Phi) is 6.51. The van der Waals surface area contributed by atoms with Crippen LogP contribution in [0.2, 0.25) is 0 Å². The Morgan fingerprint density at radius 2 is 1.88 bits per heavy atom. The molecule has 24 heavy (non-hydrogen) atoms. The molecule has 0 bridgehead atoms. The van der Waals surface area contributed by atoms with Gasteiger partial charge in [-0.05, 0) is 40.5 Å². The maximum atomic E-state index is 12.2. The van der Waals surface area contributed by atoms with Crippen molar-refractivity contribution in [3.05, 3.63) is 11.6 Å². The summed E-state index contributed by atoms with van der Waals surface area (Å²) in [6.45, 7) is 6.33. The third-order valence-corrected chi connectivity index (χ3v) is 3.24. The molecule has 8 nitrogen and oxygen atoms in total. The Bertz CT molecular complexity index is 559. The molecule has 1 heterocycles. The van der Waals surface area contributed by atoms with E-state index in [4.69, 9.17) is 14.6 Å². The van der Waals surface area contributed by atoms with Gasteiger partial charge in [0.25, 0.3) is 5.91 Å². The number of carboxylic acids is 1. The minimum atomic E-state index is -1.28. The second-order valence-corrected chi connectivity index (χ2v) is 6.52. The average Bonchev–Trinajstić information content (AvgIpc) is 2.91. The van der Waals surface area contributed by atoms with E-state index >= 15 is 0 Å². The van der Waals surface area contributed by atoms with Crippen molar-refractivity contribution in [3.63, 3.8) is 0 Å². The molecular weight excluding hydrogens is 318 g/mol. The summed E-state index contributed by atoms with van der Waals surface area (Å²) in [7, 11) is 0. The molecule has 1 aliphatic heterocycles. The fourth-order valence-corrected chi connectivity index (χ4v) is 2.25. The summed E-state index contributed by atoms with van der Waals surface area (Å²) >= 11 is 0. The quantitative estimate of drug-likeness (QED) is 0.584. The van der Waals surface area contributed by atoms with Gasteiger partial charge >= 0.3 is 17.9 Å². The normalized spacial score (nSPS) is 18.2. The van der Waals surface area contributed by atoms with E-state index in [1.165, 1.54) is 11.8 Å². The van der Waals surface area contributed by atoms with Crippen LogP contribution in [0.1, 0.15) is 40.5 Å². The van der Waals surface area contributed by atoms with Crippen LogP contribution in [0.25, 0.3) is 0 Å². The average molecular weight is 341 g/mol. The van der Waals surface area contributed by atoms with E-state index in [9.17, 15) is 19.2 Å². The fourth-order valence-electron chi connectivity index (χ4n) is 2.25. The SMILES string of the molecule is CC(=CC(=O)O)C(=O)OCC(=O)N1CCC[C@H]1C(=O)OC(C)(C)C. The molecule has 1 saturated heterocycles. The molecule has 1 rings (SSSR count). The zero-order valence-electron chi connectivity index (χ0n) is 14.3. The molecule has 0 aliphatic carbocycles. The maximum Gasteiger partial charge on any atom is 0.334 e. The zero-order chi connectivity index (χ0) is 18.5. The molecule has 0 aromatic heterocycles. The van der Waals surface area contributed by atoms with Gasteiger partial charge in [0.1, 0.15) is 11.6 Å². The van der Waals surface area contributed by atoms with E-state index in [1.54, 1.807) is 20.8 Å². The second kappa shape index (κ2) is 7.94. The molecule has 0 radical (unpaired) electrons. The van der Waals surface area contributed by atoms with Gasteiger partial charge in [-0.25, -0.2) is 14.4 Å². The second-order valence-electron chi connectivity index (χ2n) is 6.52. The molecule has 0 aromatic rings. The van der Waals surface area contributed by atoms with E-state index in [0.29, 0.717) is 25.5 Å². The van der Waals surface area contributed by atoms with Crippen molar-refractivity contribution in [2.75, 3.05) is 13.2 Å². The van der Waals surface area contributed by atoms with Gasteiger partial charge < -0.3 is 19.5 Å². The number of aliphatic carboxylic acids is 1. The van der Waals surface area contributed by atoms with Gasteiger partial charge in [0.05, 0.1) is 0 Å². The first-order valence-electron chi connectivity index (χ1n) is 7.62. The molecule has 1 N–H and O–H groups in total. The van der Waals surface area contributed by atoms with Gasteiger partial charge in [-0.2, -0.15) is 0 Å². The highest BCUT2D eigenvalue weighted by Gasteiger charge is 2.37. The number of likely N-dealkylation sites (tertiary alicyclic amines) is 1.